The number of thiophene rings is 1. The second-order valence-corrected chi connectivity index (χ2v) is 11.3. The number of carbonyl (C=O) groups excluding carboxylic acids is 1. The van der Waals surface area contributed by atoms with Gasteiger partial charge in [-0.2, -0.15) is 0 Å². The summed E-state index contributed by atoms with van der Waals surface area (Å²) in [6.45, 7) is 15.0. The Bertz CT molecular complexity index is 833. The van der Waals surface area contributed by atoms with Crippen LogP contribution in [0.4, 0.5) is 0 Å². The Morgan fingerprint density at radius 3 is 2.48 bits per heavy atom. The Morgan fingerprint density at radius 2 is 1.97 bits per heavy atom. The Hall–Kier alpha value is -1.39. The minimum atomic E-state index is -0.693. The van der Waals surface area contributed by atoms with Gasteiger partial charge in [0.05, 0.1) is 12.2 Å². The van der Waals surface area contributed by atoms with Gasteiger partial charge in [0, 0.05) is 20.9 Å². The molecule has 0 spiro atoms. The number of aryl methyl sites for hydroxylation is 1. The molecule has 29 heavy (non-hydrogen) atoms. The first-order valence-corrected chi connectivity index (χ1v) is 11.7. The molecule has 0 amide bonds. The molecule has 1 unspecified atom stereocenters. The molecule has 0 N–H and O–H groups in total. The van der Waals surface area contributed by atoms with E-state index in [1.54, 1.807) is 0 Å². The molecule has 4 heteroatoms. The van der Waals surface area contributed by atoms with E-state index in [-0.39, 0.29) is 11.4 Å². The van der Waals surface area contributed by atoms with Crippen molar-refractivity contribution < 1.29 is 14.3 Å². The van der Waals surface area contributed by atoms with Crippen molar-refractivity contribution in [1.82, 2.24) is 0 Å². The lowest BCUT2D eigenvalue weighted by molar-refractivity contribution is -0.166. The van der Waals surface area contributed by atoms with Crippen LogP contribution in [0, 0.1) is 12.3 Å². The van der Waals surface area contributed by atoms with Crippen LogP contribution in [-0.4, -0.2) is 18.2 Å². The number of hydrogen-bond acceptors (Lipinski definition) is 4. The van der Waals surface area contributed by atoms with Crippen molar-refractivity contribution in [3.63, 3.8) is 0 Å². The highest BCUT2D eigenvalue weighted by molar-refractivity contribution is 7.13. The third-order valence-corrected chi connectivity index (χ3v) is 6.79. The second kappa shape index (κ2) is 8.39. The zero-order valence-electron chi connectivity index (χ0n) is 19.1. The number of allylic oxidation sites excluding steroid dienone is 4. The predicted molar refractivity (Wildman–Crippen MR) is 122 cm³/mol. The molecule has 3 rings (SSSR count). The quantitative estimate of drug-likeness (QED) is 0.458. The van der Waals surface area contributed by atoms with Gasteiger partial charge in [-0.15, -0.1) is 11.3 Å². The molecule has 1 aromatic rings. The van der Waals surface area contributed by atoms with Crippen LogP contribution in [0.2, 0.25) is 0 Å². The maximum atomic E-state index is 13.0. The fourth-order valence-electron chi connectivity index (χ4n) is 4.34. The highest BCUT2D eigenvalue weighted by Crippen LogP contribution is 2.50. The van der Waals surface area contributed by atoms with Crippen molar-refractivity contribution in [2.24, 2.45) is 5.41 Å². The molecule has 2 aliphatic carbocycles. The average molecular weight is 417 g/mol. The standard InChI is InChI=1S/C25H36O3S/c1-8-27-23(26)21(28-24(3,4)5)19-16(2)29-22(17-11-9-10-12-17)20(19)18-13-14-25(6,7)15-18/h11,13,21H,8-10,12,14-15H2,1-7H3. The van der Waals surface area contributed by atoms with Crippen LogP contribution >= 0.6 is 11.3 Å². The van der Waals surface area contributed by atoms with E-state index in [2.05, 4.69) is 32.9 Å². The molecule has 1 aromatic heterocycles. The van der Waals surface area contributed by atoms with Crippen LogP contribution in [-0.2, 0) is 14.3 Å². The van der Waals surface area contributed by atoms with Crippen LogP contribution in [0.25, 0.3) is 11.1 Å². The van der Waals surface area contributed by atoms with Gasteiger partial charge in [0.15, 0.2) is 6.10 Å². The molecule has 0 radical (unpaired) electrons. The second-order valence-electron chi connectivity index (χ2n) is 10.0. The van der Waals surface area contributed by atoms with Crippen molar-refractivity contribution in [2.75, 3.05) is 6.61 Å². The zero-order valence-corrected chi connectivity index (χ0v) is 19.9. The monoisotopic (exact) mass is 416 g/mol. The van der Waals surface area contributed by atoms with E-state index in [4.69, 9.17) is 9.47 Å². The molecule has 0 fully saturated rings. The topological polar surface area (TPSA) is 35.5 Å². The fraction of sp³-hybridized carbons (Fsp3) is 0.640. The molecule has 0 saturated carbocycles. The van der Waals surface area contributed by atoms with Gasteiger partial charge in [0.1, 0.15) is 0 Å². The summed E-state index contributed by atoms with van der Waals surface area (Å²) in [5, 5.41) is 0. The van der Waals surface area contributed by atoms with Crippen molar-refractivity contribution in [2.45, 2.75) is 92.3 Å². The van der Waals surface area contributed by atoms with E-state index >= 15 is 0 Å². The van der Waals surface area contributed by atoms with E-state index in [1.165, 1.54) is 28.0 Å². The molecule has 0 saturated heterocycles. The lowest BCUT2D eigenvalue weighted by Gasteiger charge is -2.28. The molecule has 0 bridgehead atoms. The fourth-order valence-corrected chi connectivity index (χ4v) is 5.63. The minimum Gasteiger partial charge on any atom is -0.464 e. The molecule has 3 nitrogen and oxygen atoms in total. The summed E-state index contributed by atoms with van der Waals surface area (Å²) in [5.41, 5.74) is 4.88. The Labute approximate surface area is 180 Å². The lowest BCUT2D eigenvalue weighted by atomic mass is 9.86. The molecule has 0 aliphatic heterocycles. The van der Waals surface area contributed by atoms with Gasteiger partial charge < -0.3 is 9.47 Å². The van der Waals surface area contributed by atoms with Gasteiger partial charge in [0.25, 0.3) is 0 Å². The number of hydrogen-bond donors (Lipinski definition) is 0. The summed E-state index contributed by atoms with van der Waals surface area (Å²) in [5.74, 6) is -0.283. The van der Waals surface area contributed by atoms with Crippen molar-refractivity contribution >= 4 is 28.5 Å². The molecule has 1 heterocycles. The average Bonchev–Trinajstić information content (AvgIpc) is 3.30. The molecule has 2 aliphatic rings. The number of esters is 1. The first-order chi connectivity index (χ1) is 13.5. The highest BCUT2D eigenvalue weighted by atomic mass is 32.1. The molecule has 0 aromatic carbocycles. The Morgan fingerprint density at radius 1 is 1.24 bits per heavy atom. The molecule has 1 atom stereocenters. The van der Waals surface area contributed by atoms with Crippen LogP contribution in [0.5, 0.6) is 0 Å². The number of carbonyl (C=O) groups is 1. The highest BCUT2D eigenvalue weighted by Gasteiger charge is 2.37. The van der Waals surface area contributed by atoms with Crippen molar-refractivity contribution in [1.29, 1.82) is 0 Å². The molecular formula is C25H36O3S. The van der Waals surface area contributed by atoms with Gasteiger partial charge >= 0.3 is 5.97 Å². The van der Waals surface area contributed by atoms with E-state index in [0.29, 0.717) is 6.61 Å². The van der Waals surface area contributed by atoms with Crippen LogP contribution < -0.4 is 0 Å². The first kappa shape index (κ1) is 22.3. The maximum Gasteiger partial charge on any atom is 0.340 e. The summed E-state index contributed by atoms with van der Waals surface area (Å²) < 4.78 is 11.8. The largest absolute Gasteiger partial charge is 0.464 e. The molecule has 160 valence electrons. The van der Waals surface area contributed by atoms with E-state index in [9.17, 15) is 4.79 Å². The molecular weight excluding hydrogens is 380 g/mol. The van der Waals surface area contributed by atoms with E-state index in [0.717, 1.165) is 36.1 Å². The third-order valence-electron chi connectivity index (χ3n) is 5.59. The first-order valence-electron chi connectivity index (χ1n) is 10.9. The smallest absolute Gasteiger partial charge is 0.340 e. The van der Waals surface area contributed by atoms with Gasteiger partial charge in [-0.05, 0) is 83.3 Å². The zero-order chi connectivity index (χ0) is 21.4. The maximum absolute atomic E-state index is 13.0. The summed E-state index contributed by atoms with van der Waals surface area (Å²) in [6, 6.07) is 0. The van der Waals surface area contributed by atoms with Crippen LogP contribution in [0.15, 0.2) is 12.2 Å². The number of rotatable bonds is 6. The van der Waals surface area contributed by atoms with Crippen molar-refractivity contribution in [3.05, 3.63) is 33.0 Å². The summed E-state index contributed by atoms with van der Waals surface area (Å²) in [4.78, 5) is 15.5. The van der Waals surface area contributed by atoms with Crippen molar-refractivity contribution in [3.8, 4) is 0 Å². The Kier molecular flexibility index (Phi) is 6.45. The van der Waals surface area contributed by atoms with E-state index < -0.39 is 11.7 Å². The Balaban J connectivity index is 2.16. The SMILES string of the molecule is CCOC(=O)C(OC(C)(C)C)c1c(C)sc(C2=CCCC2)c1C1=CCC(C)(C)C1. The summed E-state index contributed by atoms with van der Waals surface area (Å²) >= 11 is 1.82. The van der Waals surface area contributed by atoms with Gasteiger partial charge in [-0.25, -0.2) is 4.79 Å². The normalized spacial score (nSPS) is 19.8. The van der Waals surface area contributed by atoms with Crippen LogP contribution in [0.3, 0.4) is 0 Å². The lowest BCUT2D eigenvalue weighted by Crippen LogP contribution is -2.29. The summed E-state index contributed by atoms with van der Waals surface area (Å²) in [6.07, 6.45) is 9.64. The van der Waals surface area contributed by atoms with Gasteiger partial charge in [0.2, 0.25) is 0 Å². The van der Waals surface area contributed by atoms with Crippen LogP contribution in [0.1, 0.15) is 101 Å². The minimum absolute atomic E-state index is 0.258. The third kappa shape index (κ3) is 5.03. The van der Waals surface area contributed by atoms with Gasteiger partial charge in [-0.3, -0.25) is 0 Å². The predicted octanol–water partition coefficient (Wildman–Crippen LogP) is 7.25. The van der Waals surface area contributed by atoms with Gasteiger partial charge in [-0.1, -0.05) is 26.0 Å². The van der Waals surface area contributed by atoms with E-state index in [1.807, 2.05) is 39.0 Å². The number of ether oxygens (including phenoxy) is 2. The summed E-state index contributed by atoms with van der Waals surface area (Å²) in [7, 11) is 0.